The first-order valence-corrected chi connectivity index (χ1v) is 15.0. The fourth-order valence-corrected chi connectivity index (χ4v) is 4.91. The Morgan fingerprint density at radius 1 is 0.857 bits per heavy atom. The molecule has 1 amide bonds. The van der Waals surface area contributed by atoms with Gasteiger partial charge in [-0.2, -0.15) is 0 Å². The molecule has 0 spiro atoms. The zero-order valence-corrected chi connectivity index (χ0v) is 25.7. The van der Waals surface area contributed by atoms with Gasteiger partial charge in [-0.15, -0.1) is 5.10 Å². The summed E-state index contributed by atoms with van der Waals surface area (Å²) in [6, 6.07) is -1.01. The molecule has 238 valence electrons. The van der Waals surface area contributed by atoms with Gasteiger partial charge in [-0.1, -0.05) is 69.9 Å². The summed E-state index contributed by atoms with van der Waals surface area (Å²) in [5.41, 5.74) is 0.537. The predicted octanol–water partition coefficient (Wildman–Crippen LogP) is 3.54. The molecule has 1 aromatic heterocycles. The van der Waals surface area contributed by atoms with Crippen molar-refractivity contribution in [3.8, 4) is 0 Å². The molecule has 2 rings (SSSR count). The summed E-state index contributed by atoms with van der Waals surface area (Å²) in [4.78, 5) is 47.6. The topological polar surface area (TPSA) is 157 Å². The second-order valence-corrected chi connectivity index (χ2v) is 10.7. The van der Waals surface area contributed by atoms with Crippen molar-refractivity contribution in [3.05, 3.63) is 11.9 Å². The van der Waals surface area contributed by atoms with Crippen LogP contribution in [0.25, 0.3) is 0 Å². The normalized spacial score (nSPS) is 21.9. The van der Waals surface area contributed by atoms with Gasteiger partial charge in [0.1, 0.15) is 24.4 Å². The van der Waals surface area contributed by atoms with E-state index in [1.165, 1.54) is 83.7 Å². The summed E-state index contributed by atoms with van der Waals surface area (Å²) in [6.07, 6.45) is 9.60. The Kier molecular flexibility index (Phi) is 16.1. The molecule has 1 fully saturated rings. The van der Waals surface area contributed by atoms with Gasteiger partial charge in [0.05, 0.1) is 12.8 Å². The van der Waals surface area contributed by atoms with Crippen molar-refractivity contribution in [3.63, 3.8) is 0 Å². The Morgan fingerprint density at radius 2 is 1.45 bits per heavy atom. The van der Waals surface area contributed by atoms with Crippen LogP contribution in [0.1, 0.15) is 111 Å². The minimum Gasteiger partial charge on any atom is -0.463 e. The largest absolute Gasteiger partial charge is 0.463 e. The smallest absolute Gasteiger partial charge is 0.303 e. The van der Waals surface area contributed by atoms with Crippen molar-refractivity contribution in [2.24, 2.45) is 0 Å². The van der Waals surface area contributed by atoms with Crippen molar-refractivity contribution in [1.82, 2.24) is 20.3 Å². The first kappa shape index (κ1) is 35.1. The predicted molar refractivity (Wildman–Crippen MR) is 151 cm³/mol. The monoisotopic (exact) mass is 596 g/mol. The van der Waals surface area contributed by atoms with E-state index in [1.807, 2.05) is 0 Å². The van der Waals surface area contributed by atoms with Crippen LogP contribution in [0.3, 0.4) is 0 Å². The Hall–Kier alpha value is -3.06. The van der Waals surface area contributed by atoms with E-state index >= 15 is 0 Å². The van der Waals surface area contributed by atoms with Crippen LogP contribution in [0.15, 0.2) is 6.20 Å². The minimum atomic E-state index is -1.17. The minimum absolute atomic E-state index is 0.231. The lowest BCUT2D eigenvalue weighted by molar-refractivity contribution is -0.239. The molecule has 1 aromatic rings. The van der Waals surface area contributed by atoms with Gasteiger partial charge in [-0.25, -0.2) is 4.68 Å². The van der Waals surface area contributed by atoms with E-state index in [2.05, 4.69) is 22.6 Å². The average Bonchev–Trinajstić information content (AvgIpc) is 3.38. The van der Waals surface area contributed by atoms with Gasteiger partial charge >= 0.3 is 17.9 Å². The van der Waals surface area contributed by atoms with E-state index in [9.17, 15) is 19.2 Å². The van der Waals surface area contributed by atoms with Crippen molar-refractivity contribution < 1.29 is 42.9 Å². The standard InChI is InChI=1S/C29H48N4O9/c1-6-7-8-9-10-11-12-13-14-15-16-38-18-24-17-33(32-31-24)29-26(30-20(2)34)28(41-23(5)37)27(40-22(4)36)25(42-29)19-39-21(3)35/h17,25-29H,6-16,18-19H2,1-5H3,(H,30,34)/t25-,26-,27-,28-,29-/m1/s1. The van der Waals surface area contributed by atoms with Crippen molar-refractivity contribution in [2.45, 2.75) is 136 Å². The van der Waals surface area contributed by atoms with Crippen LogP contribution in [-0.2, 0) is 49.5 Å². The van der Waals surface area contributed by atoms with Gasteiger partial charge in [0, 0.05) is 34.3 Å². The third kappa shape index (κ3) is 12.8. The number of nitrogens with zero attached hydrogens (tertiary/aromatic N) is 3. The van der Waals surface area contributed by atoms with Crippen molar-refractivity contribution in [1.29, 1.82) is 0 Å². The second kappa shape index (κ2) is 19.2. The fraction of sp³-hybridized carbons (Fsp3) is 0.793. The van der Waals surface area contributed by atoms with E-state index in [-0.39, 0.29) is 13.2 Å². The molecule has 0 aliphatic carbocycles. The molecule has 0 bridgehead atoms. The van der Waals surface area contributed by atoms with Gasteiger partial charge in [0.2, 0.25) is 5.91 Å². The third-order valence-electron chi connectivity index (χ3n) is 6.80. The molecule has 0 aromatic carbocycles. The van der Waals surface area contributed by atoms with Gasteiger partial charge in [0.15, 0.2) is 18.4 Å². The maximum atomic E-state index is 12.1. The molecule has 1 saturated heterocycles. The first-order valence-electron chi connectivity index (χ1n) is 15.0. The Bertz CT molecular complexity index is 986. The molecule has 13 nitrogen and oxygen atoms in total. The van der Waals surface area contributed by atoms with Crippen LogP contribution in [0.5, 0.6) is 0 Å². The Balaban J connectivity index is 2.02. The number of rotatable bonds is 19. The van der Waals surface area contributed by atoms with E-state index in [0.717, 1.165) is 12.8 Å². The van der Waals surface area contributed by atoms with E-state index < -0.39 is 54.4 Å². The van der Waals surface area contributed by atoms with Crippen LogP contribution < -0.4 is 5.32 Å². The fourth-order valence-electron chi connectivity index (χ4n) is 4.91. The van der Waals surface area contributed by atoms with Crippen LogP contribution in [0.2, 0.25) is 0 Å². The number of carbonyl (C=O) groups is 4. The van der Waals surface area contributed by atoms with Gasteiger partial charge in [-0.05, 0) is 6.42 Å². The van der Waals surface area contributed by atoms with Crippen LogP contribution in [0.4, 0.5) is 0 Å². The number of hydrogen-bond acceptors (Lipinski definition) is 11. The highest BCUT2D eigenvalue weighted by atomic mass is 16.6. The molecule has 42 heavy (non-hydrogen) atoms. The molecule has 0 saturated carbocycles. The summed E-state index contributed by atoms with van der Waals surface area (Å²) in [7, 11) is 0. The van der Waals surface area contributed by atoms with Crippen molar-refractivity contribution in [2.75, 3.05) is 13.2 Å². The molecule has 0 radical (unpaired) electrons. The quantitative estimate of drug-likeness (QED) is 0.141. The summed E-state index contributed by atoms with van der Waals surface area (Å²) >= 11 is 0. The Morgan fingerprint density at radius 3 is 2.02 bits per heavy atom. The van der Waals surface area contributed by atoms with Crippen LogP contribution in [0, 0.1) is 0 Å². The highest BCUT2D eigenvalue weighted by molar-refractivity contribution is 5.73. The number of esters is 3. The van der Waals surface area contributed by atoms with Gasteiger partial charge in [-0.3, -0.25) is 19.2 Å². The van der Waals surface area contributed by atoms with E-state index in [0.29, 0.717) is 12.3 Å². The molecule has 0 unspecified atom stereocenters. The van der Waals surface area contributed by atoms with Gasteiger partial charge in [0.25, 0.3) is 0 Å². The maximum Gasteiger partial charge on any atom is 0.303 e. The number of unbranched alkanes of at least 4 members (excludes halogenated alkanes) is 9. The van der Waals surface area contributed by atoms with Crippen molar-refractivity contribution >= 4 is 23.8 Å². The van der Waals surface area contributed by atoms with E-state index in [1.54, 1.807) is 6.20 Å². The molecule has 13 heteroatoms. The number of aromatic nitrogens is 3. The molecular formula is C29H48N4O9. The molecule has 1 N–H and O–H groups in total. The zero-order chi connectivity index (χ0) is 30.9. The third-order valence-corrected chi connectivity index (χ3v) is 6.80. The number of ether oxygens (including phenoxy) is 5. The zero-order valence-electron chi connectivity index (χ0n) is 25.7. The number of amides is 1. The summed E-state index contributed by atoms with van der Waals surface area (Å²) in [6.45, 7) is 7.67. The van der Waals surface area contributed by atoms with E-state index in [4.69, 9.17) is 23.7 Å². The lowest BCUT2D eigenvalue weighted by Crippen LogP contribution is -2.64. The van der Waals surface area contributed by atoms with Crippen LogP contribution in [-0.4, -0.2) is 76.4 Å². The second-order valence-electron chi connectivity index (χ2n) is 10.7. The Labute approximate surface area is 248 Å². The number of nitrogens with one attached hydrogen (secondary N) is 1. The SMILES string of the molecule is CCCCCCCCCCCCOCc1cn([C@@H]2O[C@H](COC(C)=O)[C@@H](OC(C)=O)[C@H](OC(C)=O)[C@H]2NC(C)=O)nn1. The van der Waals surface area contributed by atoms with Gasteiger partial charge < -0.3 is 29.0 Å². The average molecular weight is 597 g/mol. The highest BCUT2D eigenvalue weighted by Crippen LogP contribution is 2.32. The molecule has 1 aliphatic rings. The lowest BCUT2D eigenvalue weighted by Gasteiger charge is -2.45. The summed E-state index contributed by atoms with van der Waals surface area (Å²) < 4.78 is 29.4. The molecule has 2 heterocycles. The maximum absolute atomic E-state index is 12.1. The van der Waals surface area contributed by atoms with Crippen LogP contribution >= 0.6 is 0 Å². The lowest BCUT2D eigenvalue weighted by atomic mass is 9.95. The highest BCUT2D eigenvalue weighted by Gasteiger charge is 2.51. The number of hydrogen-bond donors (Lipinski definition) is 1. The first-order chi connectivity index (χ1) is 20.1. The summed E-state index contributed by atoms with van der Waals surface area (Å²) in [5, 5.41) is 11.0. The number of carbonyl (C=O) groups excluding carboxylic acids is 4. The summed E-state index contributed by atoms with van der Waals surface area (Å²) in [5.74, 6) is -2.35. The molecular weight excluding hydrogens is 548 g/mol. The molecule has 1 aliphatic heterocycles. The molecule has 5 atom stereocenters.